The van der Waals surface area contributed by atoms with Gasteiger partial charge in [0.15, 0.2) is 0 Å². The van der Waals surface area contributed by atoms with Gasteiger partial charge in [0.25, 0.3) is 5.56 Å². The fourth-order valence-electron chi connectivity index (χ4n) is 1.80. The first-order valence-electron chi connectivity index (χ1n) is 6.07. The summed E-state index contributed by atoms with van der Waals surface area (Å²) in [4.78, 5) is 15.5. The zero-order chi connectivity index (χ0) is 13.2. The lowest BCUT2D eigenvalue weighted by Crippen LogP contribution is -2.37. The van der Waals surface area contributed by atoms with Crippen molar-refractivity contribution in [2.45, 2.75) is 26.2 Å². The highest BCUT2D eigenvalue weighted by atomic mass is 28.3. The quantitative estimate of drug-likeness (QED) is 0.787. The van der Waals surface area contributed by atoms with Gasteiger partial charge in [-0.15, -0.1) is 0 Å². The molecule has 0 spiro atoms. The molecule has 0 aliphatic rings. The van der Waals surface area contributed by atoms with Crippen LogP contribution in [0.15, 0.2) is 47.7 Å². The van der Waals surface area contributed by atoms with E-state index in [1.807, 2.05) is 0 Å². The van der Waals surface area contributed by atoms with E-state index in [2.05, 4.69) is 48.9 Å². The zero-order valence-corrected chi connectivity index (χ0v) is 12.1. The summed E-state index contributed by atoms with van der Waals surface area (Å²) in [7, 11) is -1.24. The second-order valence-electron chi connectivity index (χ2n) is 5.49. The Labute approximate surface area is 108 Å². The molecule has 0 N–H and O–H groups in total. The standard InChI is InChI=1S/C14H18N2OSi/c1-18(2,3)13-6-4-12(5-7-13)10-16-11-15-9-8-14(16)17/h4-9,11H,10H2,1-3H3. The molecule has 0 unspecified atom stereocenters. The minimum atomic E-state index is -1.24. The van der Waals surface area contributed by atoms with Gasteiger partial charge < -0.3 is 0 Å². The van der Waals surface area contributed by atoms with Crippen LogP contribution in [-0.2, 0) is 6.54 Å². The molecule has 1 aromatic carbocycles. The smallest absolute Gasteiger partial charge is 0.253 e. The number of aromatic nitrogens is 2. The predicted octanol–water partition coefficient (Wildman–Crippen LogP) is 1.84. The van der Waals surface area contributed by atoms with Crippen LogP contribution >= 0.6 is 0 Å². The fourth-order valence-corrected chi connectivity index (χ4v) is 2.97. The summed E-state index contributed by atoms with van der Waals surface area (Å²) in [5, 5.41) is 1.43. The van der Waals surface area contributed by atoms with E-state index in [1.165, 1.54) is 17.4 Å². The highest BCUT2D eigenvalue weighted by Crippen LogP contribution is 2.05. The second-order valence-corrected chi connectivity index (χ2v) is 10.6. The third-order valence-corrected chi connectivity index (χ3v) is 5.03. The van der Waals surface area contributed by atoms with Crippen LogP contribution in [0, 0.1) is 0 Å². The van der Waals surface area contributed by atoms with Crippen LogP contribution in [0.4, 0.5) is 0 Å². The van der Waals surface area contributed by atoms with Crippen LogP contribution in [0.3, 0.4) is 0 Å². The Morgan fingerprint density at radius 1 is 1.11 bits per heavy atom. The average molecular weight is 258 g/mol. The van der Waals surface area contributed by atoms with Crippen molar-refractivity contribution in [1.82, 2.24) is 9.55 Å². The Bertz CT molecular complexity index is 582. The molecule has 1 heterocycles. The molecule has 0 saturated carbocycles. The van der Waals surface area contributed by atoms with Crippen molar-refractivity contribution in [3.8, 4) is 0 Å². The van der Waals surface area contributed by atoms with Crippen LogP contribution in [0.5, 0.6) is 0 Å². The van der Waals surface area contributed by atoms with Gasteiger partial charge in [-0.1, -0.05) is 49.1 Å². The SMILES string of the molecule is C[Si](C)(C)c1ccc(Cn2cnccc2=O)cc1. The normalized spacial score (nSPS) is 11.5. The average Bonchev–Trinajstić information content (AvgIpc) is 2.32. The van der Waals surface area contributed by atoms with Gasteiger partial charge in [0.1, 0.15) is 0 Å². The van der Waals surface area contributed by atoms with E-state index in [0.717, 1.165) is 5.56 Å². The molecule has 0 radical (unpaired) electrons. The molecular weight excluding hydrogens is 240 g/mol. The molecule has 94 valence electrons. The fraction of sp³-hybridized carbons (Fsp3) is 0.286. The maximum absolute atomic E-state index is 11.6. The monoisotopic (exact) mass is 258 g/mol. The summed E-state index contributed by atoms with van der Waals surface area (Å²) in [6.45, 7) is 7.56. The molecule has 0 bridgehead atoms. The molecule has 3 nitrogen and oxygen atoms in total. The summed E-state index contributed by atoms with van der Waals surface area (Å²) < 4.78 is 1.61. The van der Waals surface area contributed by atoms with Crippen molar-refractivity contribution in [3.63, 3.8) is 0 Å². The van der Waals surface area contributed by atoms with E-state index in [9.17, 15) is 4.79 Å². The predicted molar refractivity (Wildman–Crippen MR) is 77.0 cm³/mol. The van der Waals surface area contributed by atoms with Crippen molar-refractivity contribution in [3.05, 3.63) is 58.8 Å². The van der Waals surface area contributed by atoms with Crippen molar-refractivity contribution in [2.75, 3.05) is 0 Å². The van der Waals surface area contributed by atoms with Crippen LogP contribution in [0.25, 0.3) is 0 Å². The molecule has 0 amide bonds. The summed E-state index contributed by atoms with van der Waals surface area (Å²) in [6, 6.07) is 10.1. The van der Waals surface area contributed by atoms with Crippen LogP contribution in [0.2, 0.25) is 19.6 Å². The van der Waals surface area contributed by atoms with E-state index < -0.39 is 8.07 Å². The van der Waals surface area contributed by atoms with Gasteiger partial charge in [-0.3, -0.25) is 9.36 Å². The van der Waals surface area contributed by atoms with Crippen molar-refractivity contribution < 1.29 is 0 Å². The maximum Gasteiger partial charge on any atom is 0.253 e. The van der Waals surface area contributed by atoms with E-state index in [-0.39, 0.29) is 5.56 Å². The first-order valence-corrected chi connectivity index (χ1v) is 9.57. The Morgan fingerprint density at radius 2 is 1.78 bits per heavy atom. The molecule has 2 aromatic rings. The van der Waals surface area contributed by atoms with E-state index >= 15 is 0 Å². The summed E-state index contributed by atoms with van der Waals surface area (Å²) in [5.74, 6) is 0. The van der Waals surface area contributed by atoms with Crippen LogP contribution in [-0.4, -0.2) is 17.6 Å². The summed E-state index contributed by atoms with van der Waals surface area (Å²) >= 11 is 0. The van der Waals surface area contributed by atoms with E-state index in [1.54, 1.807) is 10.9 Å². The number of rotatable bonds is 3. The number of nitrogens with zero attached hydrogens (tertiary/aromatic N) is 2. The van der Waals surface area contributed by atoms with Gasteiger partial charge >= 0.3 is 0 Å². The molecule has 0 aliphatic heterocycles. The minimum Gasteiger partial charge on any atom is -0.295 e. The van der Waals surface area contributed by atoms with Gasteiger partial charge in [0.05, 0.1) is 20.9 Å². The highest BCUT2D eigenvalue weighted by molar-refractivity contribution is 6.88. The molecular formula is C14H18N2OSi. The van der Waals surface area contributed by atoms with Gasteiger partial charge in [-0.2, -0.15) is 0 Å². The number of hydrogen-bond donors (Lipinski definition) is 0. The molecule has 0 saturated heterocycles. The third kappa shape index (κ3) is 2.95. The van der Waals surface area contributed by atoms with Crippen molar-refractivity contribution in [1.29, 1.82) is 0 Å². The molecule has 0 aliphatic carbocycles. The lowest BCUT2D eigenvalue weighted by atomic mass is 10.2. The molecule has 1 aromatic heterocycles. The first-order chi connectivity index (χ1) is 8.47. The van der Waals surface area contributed by atoms with E-state index in [0.29, 0.717) is 6.54 Å². The molecule has 0 atom stereocenters. The van der Waals surface area contributed by atoms with Gasteiger partial charge in [0.2, 0.25) is 0 Å². The summed E-state index contributed by atoms with van der Waals surface area (Å²) in [6.07, 6.45) is 3.10. The Hall–Kier alpha value is -1.68. The Kier molecular flexibility index (Phi) is 3.47. The lowest BCUT2D eigenvalue weighted by molar-refractivity contribution is 0.736. The van der Waals surface area contributed by atoms with Gasteiger partial charge in [-0.05, 0) is 5.56 Å². The van der Waals surface area contributed by atoms with Crippen LogP contribution in [0.1, 0.15) is 5.56 Å². The molecule has 2 rings (SSSR count). The van der Waals surface area contributed by atoms with Crippen molar-refractivity contribution >= 4 is 13.3 Å². The first kappa shape index (κ1) is 12.8. The largest absolute Gasteiger partial charge is 0.295 e. The molecule has 0 fully saturated rings. The summed E-state index contributed by atoms with van der Waals surface area (Å²) in [5.41, 5.74) is 1.12. The molecule has 18 heavy (non-hydrogen) atoms. The zero-order valence-electron chi connectivity index (χ0n) is 11.1. The third-order valence-electron chi connectivity index (χ3n) is 2.97. The minimum absolute atomic E-state index is 0.0146. The van der Waals surface area contributed by atoms with Gasteiger partial charge in [0, 0.05) is 12.3 Å². The highest BCUT2D eigenvalue weighted by Gasteiger charge is 2.15. The van der Waals surface area contributed by atoms with Gasteiger partial charge in [-0.25, -0.2) is 4.98 Å². The topological polar surface area (TPSA) is 34.9 Å². The number of benzene rings is 1. The maximum atomic E-state index is 11.6. The van der Waals surface area contributed by atoms with E-state index in [4.69, 9.17) is 0 Å². The second kappa shape index (κ2) is 4.90. The Balaban J connectivity index is 2.22. The molecule has 4 heteroatoms. The Morgan fingerprint density at radius 3 is 2.33 bits per heavy atom. The number of hydrogen-bond acceptors (Lipinski definition) is 2. The van der Waals surface area contributed by atoms with Crippen LogP contribution < -0.4 is 10.7 Å². The lowest BCUT2D eigenvalue weighted by Gasteiger charge is -2.16. The van der Waals surface area contributed by atoms with Crippen molar-refractivity contribution in [2.24, 2.45) is 0 Å².